The normalized spacial score (nSPS) is 12.5. The number of ether oxygens (including phenoxy) is 1. The number of benzene rings is 2. The van der Waals surface area contributed by atoms with E-state index in [9.17, 15) is 22.4 Å². The molecule has 0 spiro atoms. The molecule has 30 heavy (non-hydrogen) atoms. The summed E-state index contributed by atoms with van der Waals surface area (Å²) in [6.45, 7) is 0.601. The van der Waals surface area contributed by atoms with E-state index in [0.717, 1.165) is 29.7 Å². The molecule has 2 heterocycles. The highest BCUT2D eigenvalue weighted by Crippen LogP contribution is 2.33. The fourth-order valence-corrected chi connectivity index (χ4v) is 2.84. The van der Waals surface area contributed by atoms with Crippen molar-refractivity contribution in [1.82, 2.24) is 4.98 Å². The molecule has 0 saturated heterocycles. The van der Waals surface area contributed by atoms with E-state index in [1.165, 1.54) is 12.1 Å². The minimum Gasteiger partial charge on any atom is -0.457 e. The number of hydrogen-bond donors (Lipinski definition) is 3. The van der Waals surface area contributed by atoms with Crippen molar-refractivity contribution in [3.8, 4) is 11.5 Å². The molecule has 3 N–H and O–H groups in total. The third-order valence-corrected chi connectivity index (χ3v) is 4.29. The Balaban J connectivity index is 1.48. The molecule has 2 aromatic carbocycles. The first-order chi connectivity index (χ1) is 14.3. The molecule has 0 unspecified atom stereocenters. The van der Waals surface area contributed by atoms with E-state index in [4.69, 9.17) is 4.74 Å². The van der Waals surface area contributed by atoms with Gasteiger partial charge in [-0.2, -0.15) is 13.2 Å². The molecule has 0 bridgehead atoms. The number of anilines is 3. The third kappa shape index (κ3) is 4.12. The first-order valence-corrected chi connectivity index (χ1v) is 8.73. The Labute approximate surface area is 167 Å². The summed E-state index contributed by atoms with van der Waals surface area (Å²) < 4.78 is 58.3. The average molecular weight is 418 g/mol. The Morgan fingerprint density at radius 1 is 1.00 bits per heavy atom. The van der Waals surface area contributed by atoms with Gasteiger partial charge in [-0.15, -0.1) is 0 Å². The number of pyridine rings is 1. The van der Waals surface area contributed by atoms with Crippen molar-refractivity contribution in [2.75, 3.05) is 22.6 Å². The van der Waals surface area contributed by atoms with Gasteiger partial charge in [0.2, 0.25) is 0 Å². The van der Waals surface area contributed by atoms with Gasteiger partial charge in [-0.05, 0) is 36.4 Å². The Bertz CT molecular complexity index is 1120. The van der Waals surface area contributed by atoms with E-state index in [0.29, 0.717) is 18.5 Å². The lowest BCUT2D eigenvalue weighted by atomic mass is 10.2. The second kappa shape index (κ2) is 7.54. The maximum Gasteiger partial charge on any atom is 0.433 e. The van der Waals surface area contributed by atoms with Crippen LogP contribution in [0, 0.1) is 5.82 Å². The van der Waals surface area contributed by atoms with Crippen molar-refractivity contribution in [1.29, 1.82) is 0 Å². The van der Waals surface area contributed by atoms with Gasteiger partial charge in [0.05, 0.1) is 23.7 Å². The molecule has 1 aliphatic rings. The molecule has 154 valence electrons. The van der Waals surface area contributed by atoms with E-state index in [1.807, 2.05) is 6.07 Å². The maximum absolute atomic E-state index is 14.4. The molecule has 1 aromatic heterocycles. The number of aromatic nitrogens is 1. The predicted molar refractivity (Wildman–Crippen MR) is 102 cm³/mol. The third-order valence-electron chi connectivity index (χ3n) is 4.29. The van der Waals surface area contributed by atoms with Gasteiger partial charge in [0.15, 0.2) is 0 Å². The van der Waals surface area contributed by atoms with Crippen LogP contribution in [0.4, 0.5) is 34.6 Å². The number of amides is 1. The zero-order chi connectivity index (χ0) is 21.3. The SMILES string of the molecule is O=C(Nc1ccc(Oc2ccc3c(c2)NCN3)cc1F)c1ccnc(C(F)(F)F)c1. The lowest BCUT2D eigenvalue weighted by Crippen LogP contribution is -2.15. The van der Waals surface area contributed by atoms with Crippen molar-refractivity contribution in [3.05, 3.63) is 71.8 Å². The van der Waals surface area contributed by atoms with Crippen molar-refractivity contribution >= 4 is 23.0 Å². The van der Waals surface area contributed by atoms with Crippen molar-refractivity contribution in [2.45, 2.75) is 6.18 Å². The quantitative estimate of drug-likeness (QED) is 0.516. The average Bonchev–Trinajstić information content (AvgIpc) is 3.17. The highest BCUT2D eigenvalue weighted by Gasteiger charge is 2.33. The van der Waals surface area contributed by atoms with Crippen LogP contribution in [-0.2, 0) is 6.18 Å². The Hall–Kier alpha value is -3.82. The number of carbonyl (C=O) groups excluding carboxylic acids is 1. The summed E-state index contributed by atoms with van der Waals surface area (Å²) in [4.78, 5) is 15.4. The number of rotatable bonds is 4. The Morgan fingerprint density at radius 2 is 1.73 bits per heavy atom. The summed E-state index contributed by atoms with van der Waals surface area (Å²) in [5, 5.41) is 8.47. The number of nitrogens with one attached hydrogen (secondary N) is 3. The molecule has 0 saturated carbocycles. The lowest BCUT2D eigenvalue weighted by molar-refractivity contribution is -0.141. The van der Waals surface area contributed by atoms with Crippen LogP contribution in [0.1, 0.15) is 16.1 Å². The summed E-state index contributed by atoms with van der Waals surface area (Å²) in [5.74, 6) is -1.02. The van der Waals surface area contributed by atoms with Gasteiger partial charge in [0.25, 0.3) is 5.91 Å². The number of alkyl halides is 3. The largest absolute Gasteiger partial charge is 0.457 e. The summed E-state index contributed by atoms with van der Waals surface area (Å²) in [5.41, 5.74) is 0.0797. The molecule has 0 aliphatic carbocycles. The summed E-state index contributed by atoms with van der Waals surface area (Å²) in [6, 6.07) is 10.8. The summed E-state index contributed by atoms with van der Waals surface area (Å²) in [7, 11) is 0. The molecule has 6 nitrogen and oxygen atoms in total. The van der Waals surface area contributed by atoms with Gasteiger partial charge < -0.3 is 20.7 Å². The highest BCUT2D eigenvalue weighted by atomic mass is 19.4. The number of carbonyl (C=O) groups is 1. The highest BCUT2D eigenvalue weighted by molar-refractivity contribution is 6.04. The first kappa shape index (κ1) is 19.5. The molecule has 0 radical (unpaired) electrons. The second-order valence-corrected chi connectivity index (χ2v) is 6.36. The lowest BCUT2D eigenvalue weighted by Gasteiger charge is -2.11. The zero-order valence-corrected chi connectivity index (χ0v) is 15.2. The fraction of sp³-hybridized carbons (Fsp3) is 0.100. The minimum absolute atomic E-state index is 0.194. The van der Waals surface area contributed by atoms with Crippen LogP contribution in [0.2, 0.25) is 0 Å². The zero-order valence-electron chi connectivity index (χ0n) is 15.2. The van der Waals surface area contributed by atoms with Gasteiger partial charge in [0, 0.05) is 23.9 Å². The van der Waals surface area contributed by atoms with E-state index < -0.39 is 23.6 Å². The van der Waals surface area contributed by atoms with Gasteiger partial charge >= 0.3 is 6.18 Å². The van der Waals surface area contributed by atoms with Crippen LogP contribution < -0.4 is 20.7 Å². The number of fused-ring (bicyclic) bond motifs is 1. The molecule has 1 aliphatic heterocycles. The van der Waals surface area contributed by atoms with Gasteiger partial charge in [0.1, 0.15) is 23.0 Å². The van der Waals surface area contributed by atoms with E-state index in [-0.39, 0.29) is 17.0 Å². The smallest absolute Gasteiger partial charge is 0.433 e. The molecule has 3 aromatic rings. The number of hydrogen-bond acceptors (Lipinski definition) is 5. The van der Waals surface area contributed by atoms with Crippen LogP contribution in [0.5, 0.6) is 11.5 Å². The van der Waals surface area contributed by atoms with E-state index in [2.05, 4.69) is 20.9 Å². The van der Waals surface area contributed by atoms with Crippen molar-refractivity contribution in [3.63, 3.8) is 0 Å². The minimum atomic E-state index is -4.69. The second-order valence-electron chi connectivity index (χ2n) is 6.36. The van der Waals surface area contributed by atoms with E-state index in [1.54, 1.807) is 12.1 Å². The number of nitrogens with zero attached hydrogens (tertiary/aromatic N) is 1. The molecular weight excluding hydrogens is 404 g/mol. The van der Waals surface area contributed by atoms with Crippen LogP contribution >= 0.6 is 0 Å². The van der Waals surface area contributed by atoms with Crippen molar-refractivity contribution in [2.24, 2.45) is 0 Å². The maximum atomic E-state index is 14.4. The molecule has 1 amide bonds. The first-order valence-electron chi connectivity index (χ1n) is 8.73. The number of halogens is 4. The van der Waals surface area contributed by atoms with Gasteiger partial charge in [-0.1, -0.05) is 0 Å². The molecule has 10 heteroatoms. The molecular formula is C20H14F4N4O2. The predicted octanol–water partition coefficient (Wildman–Crippen LogP) is 5.08. The van der Waals surface area contributed by atoms with Crippen LogP contribution in [-0.4, -0.2) is 17.6 Å². The Morgan fingerprint density at radius 3 is 2.50 bits per heavy atom. The van der Waals surface area contributed by atoms with Crippen LogP contribution in [0.25, 0.3) is 0 Å². The monoisotopic (exact) mass is 418 g/mol. The molecule has 0 fully saturated rings. The standard InChI is InChI=1S/C20H14F4N4O2/c21-14-8-12(30-13-2-4-16-17(9-13)27-10-26-16)1-3-15(14)28-19(29)11-5-6-25-18(7-11)20(22,23)24/h1-9,26-27H,10H2,(H,28,29). The van der Waals surface area contributed by atoms with E-state index >= 15 is 0 Å². The molecule has 4 rings (SSSR count). The molecule has 0 atom stereocenters. The fourth-order valence-electron chi connectivity index (χ4n) is 2.84. The topological polar surface area (TPSA) is 75.3 Å². The van der Waals surface area contributed by atoms with Gasteiger partial charge in [-0.3, -0.25) is 9.78 Å². The van der Waals surface area contributed by atoms with Gasteiger partial charge in [-0.25, -0.2) is 4.39 Å². The van der Waals surface area contributed by atoms with Crippen molar-refractivity contribution < 1.29 is 27.1 Å². The summed E-state index contributed by atoms with van der Waals surface area (Å²) in [6.07, 6.45) is -3.82. The summed E-state index contributed by atoms with van der Waals surface area (Å²) >= 11 is 0. The Kier molecular flexibility index (Phi) is 4.90. The van der Waals surface area contributed by atoms with Crippen LogP contribution in [0.15, 0.2) is 54.7 Å². The van der Waals surface area contributed by atoms with Crippen LogP contribution in [0.3, 0.4) is 0 Å².